The SMILES string of the molecule is CCn1cnc(S(=O)(=O)N2Cc3ccccc3C[C@H]2CC(=O)O)c1. The molecule has 0 unspecified atom stereocenters. The van der Waals surface area contributed by atoms with Crippen molar-refractivity contribution >= 4 is 16.0 Å². The Morgan fingerprint density at radius 2 is 2.04 bits per heavy atom. The minimum Gasteiger partial charge on any atom is -0.481 e. The Morgan fingerprint density at radius 1 is 1.33 bits per heavy atom. The predicted molar refractivity (Wildman–Crippen MR) is 86.8 cm³/mol. The highest BCUT2D eigenvalue weighted by Gasteiger charge is 2.37. The smallest absolute Gasteiger partial charge is 0.304 e. The maximum atomic E-state index is 13.0. The number of nitrogens with zero attached hydrogens (tertiary/aromatic N) is 3. The zero-order chi connectivity index (χ0) is 17.3. The first kappa shape index (κ1) is 16.7. The zero-order valence-corrected chi connectivity index (χ0v) is 14.1. The second-order valence-electron chi connectivity index (χ2n) is 5.82. The van der Waals surface area contributed by atoms with Crippen LogP contribution in [0.3, 0.4) is 0 Å². The first-order valence-electron chi connectivity index (χ1n) is 7.74. The molecule has 8 heteroatoms. The third-order valence-corrected chi connectivity index (χ3v) is 6.05. The van der Waals surface area contributed by atoms with Crippen molar-refractivity contribution in [2.75, 3.05) is 0 Å². The molecule has 2 aromatic rings. The summed E-state index contributed by atoms with van der Waals surface area (Å²) in [5.74, 6) is -1.02. The number of imidazole rings is 1. The van der Waals surface area contributed by atoms with Crippen LogP contribution in [-0.2, 0) is 34.3 Å². The number of carboxylic acid groups (broad SMARTS) is 1. The lowest BCUT2D eigenvalue weighted by molar-refractivity contribution is -0.138. The molecule has 7 nitrogen and oxygen atoms in total. The van der Waals surface area contributed by atoms with Gasteiger partial charge in [-0.15, -0.1) is 0 Å². The van der Waals surface area contributed by atoms with Crippen LogP contribution in [0.4, 0.5) is 0 Å². The largest absolute Gasteiger partial charge is 0.481 e. The molecule has 1 atom stereocenters. The second kappa shape index (κ2) is 6.37. The van der Waals surface area contributed by atoms with Crippen LogP contribution in [0.5, 0.6) is 0 Å². The number of carbonyl (C=O) groups is 1. The van der Waals surface area contributed by atoms with Crippen molar-refractivity contribution in [3.63, 3.8) is 0 Å². The Morgan fingerprint density at radius 3 is 2.67 bits per heavy atom. The topological polar surface area (TPSA) is 92.5 Å². The van der Waals surface area contributed by atoms with Gasteiger partial charge in [0.25, 0.3) is 10.0 Å². The van der Waals surface area contributed by atoms with E-state index < -0.39 is 22.0 Å². The second-order valence-corrected chi connectivity index (χ2v) is 7.65. The van der Waals surface area contributed by atoms with Crippen molar-refractivity contribution in [1.29, 1.82) is 0 Å². The molecular formula is C16H19N3O4S. The summed E-state index contributed by atoms with van der Waals surface area (Å²) in [6, 6.07) is 6.91. The zero-order valence-electron chi connectivity index (χ0n) is 13.3. The van der Waals surface area contributed by atoms with Crippen molar-refractivity contribution in [3.05, 3.63) is 47.9 Å². The van der Waals surface area contributed by atoms with Crippen LogP contribution < -0.4 is 0 Å². The fraction of sp³-hybridized carbons (Fsp3) is 0.375. The van der Waals surface area contributed by atoms with Gasteiger partial charge in [-0.3, -0.25) is 4.79 Å². The number of aromatic nitrogens is 2. The summed E-state index contributed by atoms with van der Waals surface area (Å²) in [5, 5.41) is 9.13. The Labute approximate surface area is 140 Å². The van der Waals surface area contributed by atoms with Crippen LogP contribution in [0.1, 0.15) is 24.5 Å². The molecule has 0 saturated heterocycles. The number of hydrogen-bond acceptors (Lipinski definition) is 4. The Kier molecular flexibility index (Phi) is 4.42. The number of hydrogen-bond donors (Lipinski definition) is 1. The summed E-state index contributed by atoms with van der Waals surface area (Å²) in [6.45, 7) is 2.67. The molecule has 1 N–H and O–H groups in total. The molecule has 0 bridgehead atoms. The molecule has 1 aliphatic heterocycles. The normalized spacial score (nSPS) is 18.3. The van der Waals surface area contributed by atoms with Gasteiger partial charge in [0, 0.05) is 25.3 Å². The van der Waals surface area contributed by atoms with E-state index in [0.29, 0.717) is 13.0 Å². The fourth-order valence-corrected chi connectivity index (χ4v) is 4.53. The van der Waals surface area contributed by atoms with E-state index in [0.717, 1.165) is 11.1 Å². The summed E-state index contributed by atoms with van der Waals surface area (Å²) in [7, 11) is -3.85. The molecule has 24 heavy (non-hydrogen) atoms. The van der Waals surface area contributed by atoms with E-state index >= 15 is 0 Å². The maximum absolute atomic E-state index is 13.0. The maximum Gasteiger partial charge on any atom is 0.304 e. The number of sulfonamides is 1. The van der Waals surface area contributed by atoms with Crippen molar-refractivity contribution < 1.29 is 18.3 Å². The lowest BCUT2D eigenvalue weighted by atomic mass is 9.94. The van der Waals surface area contributed by atoms with Gasteiger partial charge in [-0.1, -0.05) is 24.3 Å². The van der Waals surface area contributed by atoms with Crippen LogP contribution in [-0.4, -0.2) is 39.4 Å². The Hall–Kier alpha value is -2.19. The highest BCUT2D eigenvalue weighted by atomic mass is 32.2. The number of benzene rings is 1. The number of fused-ring (bicyclic) bond motifs is 1. The summed E-state index contributed by atoms with van der Waals surface area (Å²) in [5.41, 5.74) is 1.90. The summed E-state index contributed by atoms with van der Waals surface area (Å²) >= 11 is 0. The molecule has 0 spiro atoms. The quantitative estimate of drug-likeness (QED) is 0.883. The molecule has 0 radical (unpaired) electrons. The average Bonchev–Trinajstić information content (AvgIpc) is 3.03. The Balaban J connectivity index is 2.00. The predicted octanol–water partition coefficient (Wildman–Crippen LogP) is 1.49. The highest BCUT2D eigenvalue weighted by Crippen LogP contribution is 2.29. The molecule has 0 saturated carbocycles. The first-order valence-corrected chi connectivity index (χ1v) is 9.18. The van der Waals surface area contributed by atoms with Gasteiger partial charge in [-0.05, 0) is 24.5 Å². The molecule has 1 aromatic heterocycles. The van der Waals surface area contributed by atoms with Gasteiger partial charge in [-0.2, -0.15) is 4.31 Å². The average molecular weight is 349 g/mol. The van der Waals surface area contributed by atoms with Crippen molar-refractivity contribution in [2.24, 2.45) is 0 Å². The third-order valence-electron chi connectivity index (χ3n) is 4.27. The van der Waals surface area contributed by atoms with Gasteiger partial charge >= 0.3 is 5.97 Å². The molecule has 1 aromatic carbocycles. The van der Waals surface area contributed by atoms with Gasteiger partial charge < -0.3 is 9.67 Å². The third kappa shape index (κ3) is 3.07. The van der Waals surface area contributed by atoms with Crippen molar-refractivity contribution in [3.8, 4) is 0 Å². The molecular weight excluding hydrogens is 330 g/mol. The monoisotopic (exact) mass is 349 g/mol. The van der Waals surface area contributed by atoms with Crippen LogP contribution in [0, 0.1) is 0 Å². The van der Waals surface area contributed by atoms with E-state index in [1.807, 2.05) is 31.2 Å². The molecule has 2 heterocycles. The van der Waals surface area contributed by atoms with Crippen molar-refractivity contribution in [2.45, 2.75) is 43.9 Å². The Bertz CT molecular complexity index is 860. The van der Waals surface area contributed by atoms with E-state index in [-0.39, 0.29) is 18.0 Å². The number of rotatable bonds is 5. The van der Waals surface area contributed by atoms with Gasteiger partial charge in [0.2, 0.25) is 0 Å². The van der Waals surface area contributed by atoms with Gasteiger partial charge in [0.15, 0.2) is 5.03 Å². The van der Waals surface area contributed by atoms with E-state index in [9.17, 15) is 13.2 Å². The fourth-order valence-electron chi connectivity index (χ4n) is 2.99. The number of carboxylic acids is 1. The van der Waals surface area contributed by atoms with Gasteiger partial charge in [0.05, 0.1) is 12.7 Å². The number of aryl methyl sites for hydroxylation is 1. The van der Waals surface area contributed by atoms with Crippen molar-refractivity contribution in [1.82, 2.24) is 13.9 Å². The van der Waals surface area contributed by atoms with E-state index in [4.69, 9.17) is 5.11 Å². The molecule has 0 amide bonds. The molecule has 128 valence electrons. The lowest BCUT2D eigenvalue weighted by Crippen LogP contribution is -2.45. The van der Waals surface area contributed by atoms with Crippen LogP contribution in [0.2, 0.25) is 0 Å². The van der Waals surface area contributed by atoms with Crippen LogP contribution in [0.15, 0.2) is 41.8 Å². The van der Waals surface area contributed by atoms with Gasteiger partial charge in [0.1, 0.15) is 0 Å². The molecule has 1 aliphatic rings. The minimum atomic E-state index is -3.85. The first-order chi connectivity index (χ1) is 11.4. The summed E-state index contributed by atoms with van der Waals surface area (Å²) < 4.78 is 28.9. The highest BCUT2D eigenvalue weighted by molar-refractivity contribution is 7.89. The van der Waals surface area contributed by atoms with E-state index in [2.05, 4.69) is 4.98 Å². The standard InChI is InChI=1S/C16H19N3O4S/c1-2-18-10-15(17-11-18)24(22,23)19-9-13-6-4-3-5-12(13)7-14(19)8-16(20)21/h3-6,10-11,14H,2,7-9H2,1H3,(H,20,21)/t14-/m0/s1. The molecule has 0 aliphatic carbocycles. The number of aliphatic carboxylic acids is 1. The van der Waals surface area contributed by atoms with E-state index in [1.165, 1.54) is 16.8 Å². The van der Waals surface area contributed by atoms with Crippen LogP contribution in [0.25, 0.3) is 0 Å². The van der Waals surface area contributed by atoms with Gasteiger partial charge in [-0.25, -0.2) is 13.4 Å². The summed E-state index contributed by atoms with van der Waals surface area (Å²) in [6.07, 6.45) is 3.10. The van der Waals surface area contributed by atoms with E-state index in [1.54, 1.807) is 4.57 Å². The summed E-state index contributed by atoms with van der Waals surface area (Å²) in [4.78, 5) is 15.2. The lowest BCUT2D eigenvalue weighted by Gasteiger charge is -2.34. The van der Waals surface area contributed by atoms with Crippen LogP contribution >= 0.6 is 0 Å². The molecule has 3 rings (SSSR count). The molecule has 0 fully saturated rings. The minimum absolute atomic E-state index is 0.0425.